The van der Waals surface area contributed by atoms with Crippen LogP contribution in [0.2, 0.25) is 0 Å². The van der Waals surface area contributed by atoms with E-state index in [-0.39, 0.29) is 12.5 Å². The number of carbonyl (C=O) groups is 2. The summed E-state index contributed by atoms with van der Waals surface area (Å²) in [5.41, 5.74) is 3.63. The van der Waals surface area contributed by atoms with Crippen molar-refractivity contribution < 1.29 is 18.7 Å². The fourth-order valence-corrected chi connectivity index (χ4v) is 3.72. The van der Waals surface area contributed by atoms with Gasteiger partial charge in [-0.3, -0.25) is 4.79 Å². The van der Waals surface area contributed by atoms with E-state index in [9.17, 15) is 14.0 Å². The molecule has 0 bridgehead atoms. The van der Waals surface area contributed by atoms with Gasteiger partial charge in [0.15, 0.2) is 0 Å². The van der Waals surface area contributed by atoms with Gasteiger partial charge in [0.1, 0.15) is 30.5 Å². The Hall–Kier alpha value is -3.47. The van der Waals surface area contributed by atoms with Crippen LogP contribution < -0.4 is 4.74 Å². The number of rotatable bonds is 6. The lowest BCUT2D eigenvalue weighted by atomic mass is 10.0. The molecule has 3 aromatic carbocycles. The molecular weight excluding hydrogens is 369 g/mol. The van der Waals surface area contributed by atoms with Crippen LogP contribution in [0, 0.1) is 12.7 Å². The summed E-state index contributed by atoms with van der Waals surface area (Å²) in [6.45, 7) is 2.44. The van der Waals surface area contributed by atoms with Crippen molar-refractivity contribution in [3.63, 3.8) is 0 Å². The smallest absolute Gasteiger partial charge is 0.255 e. The number of benzene rings is 3. The van der Waals surface area contributed by atoms with E-state index < -0.39 is 11.9 Å². The fourth-order valence-electron chi connectivity index (χ4n) is 3.72. The molecule has 0 saturated heterocycles. The maximum atomic E-state index is 14.0. The Labute approximate surface area is 168 Å². The van der Waals surface area contributed by atoms with Gasteiger partial charge in [-0.2, -0.15) is 0 Å². The van der Waals surface area contributed by atoms with Crippen molar-refractivity contribution in [1.29, 1.82) is 0 Å². The molecule has 0 radical (unpaired) electrons. The van der Waals surface area contributed by atoms with Gasteiger partial charge in [0.25, 0.3) is 5.91 Å². The van der Waals surface area contributed by atoms with Crippen molar-refractivity contribution in [1.82, 2.24) is 4.90 Å². The highest BCUT2D eigenvalue weighted by Crippen LogP contribution is 2.36. The van der Waals surface area contributed by atoms with E-state index in [2.05, 4.69) is 0 Å². The largest absolute Gasteiger partial charge is 0.489 e. The van der Waals surface area contributed by atoms with Crippen molar-refractivity contribution in [2.24, 2.45) is 0 Å². The first kappa shape index (κ1) is 18.9. The third kappa shape index (κ3) is 3.63. The SMILES string of the molecule is Cc1cccc2c1C(=O)N(C(C=O)c1cc(F)ccc1OCc1ccccc1)C2. The molecule has 1 aliphatic heterocycles. The van der Waals surface area contributed by atoms with Crippen LogP contribution in [0.1, 0.15) is 38.7 Å². The summed E-state index contributed by atoms with van der Waals surface area (Å²) in [6.07, 6.45) is 0.670. The molecular formula is C24H20FNO3. The maximum Gasteiger partial charge on any atom is 0.255 e. The molecule has 1 heterocycles. The Morgan fingerprint density at radius 3 is 2.62 bits per heavy atom. The van der Waals surface area contributed by atoms with Crippen LogP contribution in [-0.2, 0) is 17.9 Å². The summed E-state index contributed by atoms with van der Waals surface area (Å²) in [5.74, 6) is -0.333. The van der Waals surface area contributed by atoms with E-state index in [1.807, 2.05) is 55.5 Å². The third-order valence-electron chi connectivity index (χ3n) is 5.17. The van der Waals surface area contributed by atoms with E-state index in [1.165, 1.54) is 23.1 Å². The van der Waals surface area contributed by atoms with Gasteiger partial charge in [0.05, 0.1) is 0 Å². The van der Waals surface area contributed by atoms with E-state index >= 15 is 0 Å². The van der Waals surface area contributed by atoms with Crippen LogP contribution in [-0.4, -0.2) is 17.1 Å². The predicted octanol–water partition coefficient (Wildman–Crippen LogP) is 4.61. The van der Waals surface area contributed by atoms with Gasteiger partial charge in [-0.15, -0.1) is 0 Å². The predicted molar refractivity (Wildman–Crippen MR) is 107 cm³/mol. The summed E-state index contributed by atoms with van der Waals surface area (Å²) in [5, 5.41) is 0. The Kier molecular flexibility index (Phi) is 5.12. The molecule has 1 atom stereocenters. The van der Waals surface area contributed by atoms with Crippen LogP contribution in [0.25, 0.3) is 0 Å². The highest BCUT2D eigenvalue weighted by atomic mass is 19.1. The molecule has 29 heavy (non-hydrogen) atoms. The highest BCUT2D eigenvalue weighted by Gasteiger charge is 2.35. The molecule has 4 rings (SSSR count). The second-order valence-corrected chi connectivity index (χ2v) is 7.08. The number of nitrogens with zero attached hydrogens (tertiary/aromatic N) is 1. The van der Waals surface area contributed by atoms with Crippen LogP contribution in [0.15, 0.2) is 66.7 Å². The lowest BCUT2D eigenvalue weighted by Crippen LogP contribution is -2.30. The minimum absolute atomic E-state index is 0.228. The quantitative estimate of drug-likeness (QED) is 0.579. The number of carbonyl (C=O) groups excluding carboxylic acids is 2. The van der Waals surface area contributed by atoms with Crippen molar-refractivity contribution in [2.75, 3.05) is 0 Å². The van der Waals surface area contributed by atoms with E-state index in [1.54, 1.807) is 0 Å². The summed E-state index contributed by atoms with van der Waals surface area (Å²) < 4.78 is 19.9. The average Bonchev–Trinajstić information content (AvgIpc) is 3.06. The molecule has 4 nitrogen and oxygen atoms in total. The van der Waals surface area contributed by atoms with Gasteiger partial charge in [-0.1, -0.05) is 48.5 Å². The van der Waals surface area contributed by atoms with Gasteiger partial charge < -0.3 is 14.4 Å². The first-order valence-electron chi connectivity index (χ1n) is 9.39. The average molecular weight is 389 g/mol. The van der Waals surface area contributed by atoms with Crippen molar-refractivity contribution >= 4 is 12.2 Å². The second-order valence-electron chi connectivity index (χ2n) is 7.08. The van der Waals surface area contributed by atoms with Gasteiger partial charge >= 0.3 is 0 Å². The molecule has 0 aromatic heterocycles. The molecule has 146 valence electrons. The van der Waals surface area contributed by atoms with E-state index in [0.717, 1.165) is 16.7 Å². The highest BCUT2D eigenvalue weighted by molar-refractivity contribution is 6.01. The number of ether oxygens (including phenoxy) is 1. The van der Waals surface area contributed by atoms with Gasteiger partial charge in [-0.05, 0) is 41.8 Å². The molecule has 0 spiro atoms. The number of aryl methyl sites for hydroxylation is 1. The molecule has 0 fully saturated rings. The Morgan fingerprint density at radius 1 is 1.10 bits per heavy atom. The van der Waals surface area contributed by atoms with E-state index in [0.29, 0.717) is 29.7 Å². The lowest BCUT2D eigenvalue weighted by molar-refractivity contribution is -0.112. The number of hydrogen-bond donors (Lipinski definition) is 0. The summed E-state index contributed by atoms with van der Waals surface area (Å²) in [4.78, 5) is 26.5. The number of fused-ring (bicyclic) bond motifs is 1. The molecule has 0 aliphatic carbocycles. The molecule has 1 unspecified atom stereocenters. The molecule has 3 aromatic rings. The number of halogens is 1. The van der Waals surface area contributed by atoms with Crippen LogP contribution in [0.3, 0.4) is 0 Å². The zero-order chi connectivity index (χ0) is 20.4. The standard InChI is InChI=1S/C24H20FNO3/c1-16-6-5-9-18-13-26(24(28)23(16)18)21(14-27)20-12-19(25)10-11-22(20)29-15-17-7-3-2-4-8-17/h2-12,14,21H,13,15H2,1H3. The number of amides is 1. The first-order valence-corrected chi connectivity index (χ1v) is 9.39. The Morgan fingerprint density at radius 2 is 1.90 bits per heavy atom. The number of hydrogen-bond acceptors (Lipinski definition) is 3. The Balaban J connectivity index is 1.66. The van der Waals surface area contributed by atoms with Crippen LogP contribution in [0.4, 0.5) is 4.39 Å². The summed E-state index contributed by atoms with van der Waals surface area (Å²) >= 11 is 0. The molecule has 0 saturated carbocycles. The molecule has 1 aliphatic rings. The normalized spacial score (nSPS) is 13.9. The lowest BCUT2D eigenvalue weighted by Gasteiger charge is -2.25. The number of aldehydes is 1. The van der Waals surface area contributed by atoms with Gasteiger partial charge in [0.2, 0.25) is 0 Å². The summed E-state index contributed by atoms with van der Waals surface area (Å²) in [6, 6.07) is 18.3. The summed E-state index contributed by atoms with van der Waals surface area (Å²) in [7, 11) is 0. The van der Waals surface area contributed by atoms with Crippen molar-refractivity contribution in [2.45, 2.75) is 26.1 Å². The van der Waals surface area contributed by atoms with Crippen molar-refractivity contribution in [3.8, 4) is 5.75 Å². The van der Waals surface area contributed by atoms with Gasteiger partial charge in [-0.25, -0.2) is 4.39 Å². The zero-order valence-corrected chi connectivity index (χ0v) is 16.0. The Bertz CT molecular complexity index is 1060. The topological polar surface area (TPSA) is 46.6 Å². The minimum atomic E-state index is -0.934. The zero-order valence-electron chi connectivity index (χ0n) is 16.0. The monoisotopic (exact) mass is 389 g/mol. The van der Waals surface area contributed by atoms with Crippen LogP contribution in [0.5, 0.6) is 5.75 Å². The van der Waals surface area contributed by atoms with E-state index in [4.69, 9.17) is 4.74 Å². The van der Waals surface area contributed by atoms with Crippen molar-refractivity contribution in [3.05, 3.63) is 100 Å². The first-order chi connectivity index (χ1) is 14.1. The molecule has 5 heteroatoms. The second kappa shape index (κ2) is 7.87. The molecule has 1 amide bonds. The fraction of sp³-hybridized carbons (Fsp3) is 0.167. The van der Waals surface area contributed by atoms with Gasteiger partial charge in [0, 0.05) is 17.7 Å². The molecule has 0 N–H and O–H groups in total. The third-order valence-corrected chi connectivity index (χ3v) is 5.17. The van der Waals surface area contributed by atoms with Crippen LogP contribution >= 0.6 is 0 Å². The minimum Gasteiger partial charge on any atom is -0.489 e. The maximum absolute atomic E-state index is 14.0.